The van der Waals surface area contributed by atoms with Crippen molar-refractivity contribution in [2.45, 2.75) is 58.3 Å². The van der Waals surface area contributed by atoms with Crippen LogP contribution >= 0.6 is 0 Å². The number of nitrogens with zero attached hydrogens (tertiary/aromatic N) is 4. The number of rotatable bonds is 5. The first kappa shape index (κ1) is 23.2. The molecule has 184 valence electrons. The van der Waals surface area contributed by atoms with Crippen LogP contribution in [0.5, 0.6) is 0 Å². The zero-order valence-electron chi connectivity index (χ0n) is 20.5. The number of aromatic nitrogens is 4. The lowest BCUT2D eigenvalue weighted by molar-refractivity contribution is -0.0383. The Morgan fingerprint density at radius 2 is 2.03 bits per heavy atom. The summed E-state index contributed by atoms with van der Waals surface area (Å²) in [5, 5.41) is 10.2. The molecule has 1 fully saturated rings. The molecule has 9 heteroatoms. The quantitative estimate of drug-likeness (QED) is 0.426. The highest BCUT2D eigenvalue weighted by Crippen LogP contribution is 2.33. The van der Waals surface area contributed by atoms with Crippen molar-refractivity contribution in [3.8, 4) is 11.3 Å². The molecule has 0 spiro atoms. The van der Waals surface area contributed by atoms with Gasteiger partial charge < -0.3 is 25.1 Å². The third-order valence-corrected chi connectivity index (χ3v) is 6.14. The lowest BCUT2D eigenvalue weighted by Gasteiger charge is -2.24. The highest BCUT2D eigenvalue weighted by molar-refractivity contribution is 6.10. The number of nitrogens with one attached hydrogen (secondary N) is 1. The van der Waals surface area contributed by atoms with E-state index in [2.05, 4.69) is 33.6 Å². The van der Waals surface area contributed by atoms with Gasteiger partial charge in [-0.3, -0.25) is 0 Å². The van der Waals surface area contributed by atoms with E-state index in [4.69, 9.17) is 15.2 Å². The van der Waals surface area contributed by atoms with E-state index in [9.17, 15) is 4.79 Å². The molecule has 35 heavy (non-hydrogen) atoms. The van der Waals surface area contributed by atoms with E-state index in [1.54, 1.807) is 0 Å². The van der Waals surface area contributed by atoms with Crippen molar-refractivity contribution in [3.63, 3.8) is 0 Å². The first-order chi connectivity index (χ1) is 16.8. The summed E-state index contributed by atoms with van der Waals surface area (Å²) in [4.78, 5) is 16.6. The third kappa shape index (κ3) is 4.95. The number of nitrogen functional groups attached to an aromatic ring is 1. The van der Waals surface area contributed by atoms with Crippen molar-refractivity contribution in [1.29, 1.82) is 0 Å². The van der Waals surface area contributed by atoms with E-state index in [1.807, 2.05) is 54.7 Å². The van der Waals surface area contributed by atoms with Gasteiger partial charge in [-0.25, -0.2) is 14.5 Å². The second-order valence-electron chi connectivity index (χ2n) is 10.0. The fourth-order valence-electron chi connectivity index (χ4n) is 4.53. The monoisotopic (exact) mass is 476 g/mol. The van der Waals surface area contributed by atoms with Crippen molar-refractivity contribution in [2.24, 2.45) is 0 Å². The first-order valence-electron chi connectivity index (χ1n) is 12.1. The number of hydrogen-bond donors (Lipinski definition) is 2. The molecule has 0 aliphatic carbocycles. The van der Waals surface area contributed by atoms with Crippen LogP contribution in [0, 0.1) is 0 Å². The van der Waals surface area contributed by atoms with Gasteiger partial charge in [0.05, 0.1) is 17.8 Å². The van der Waals surface area contributed by atoms with Gasteiger partial charge in [-0.1, -0.05) is 12.1 Å². The first-order valence-corrected chi connectivity index (χ1v) is 12.1. The van der Waals surface area contributed by atoms with Crippen LogP contribution in [-0.2, 0) is 16.0 Å². The summed E-state index contributed by atoms with van der Waals surface area (Å²) in [7, 11) is 0. The van der Waals surface area contributed by atoms with Gasteiger partial charge >= 0.3 is 6.09 Å². The largest absolute Gasteiger partial charge is 0.448 e. The second-order valence-corrected chi connectivity index (χ2v) is 10.0. The highest BCUT2D eigenvalue weighted by atomic mass is 16.5. The number of alkyl carbamates (subject to hydrolysis) is 1. The standard InChI is InChI=1S/C26H32N6O3/c1-26(2,3)30-25(33)35-13-11-31-15-19-18-8-7-17(14-21(18)29-24(27)20(19)16-31)22-9-10-28-32(22)23-6-4-5-12-34-23/h7-10,14-16,23H,4-6,11-13H2,1-3H3,(H2,27,29)(H,30,33). The van der Waals surface area contributed by atoms with Gasteiger partial charge in [0.1, 0.15) is 12.4 Å². The van der Waals surface area contributed by atoms with E-state index in [1.165, 1.54) is 0 Å². The molecule has 4 aromatic rings. The average molecular weight is 477 g/mol. The molecule has 1 aromatic carbocycles. The maximum absolute atomic E-state index is 11.9. The van der Waals surface area contributed by atoms with Crippen LogP contribution in [0.1, 0.15) is 46.3 Å². The molecular weight excluding hydrogens is 444 g/mol. The van der Waals surface area contributed by atoms with Crippen LogP contribution in [0.4, 0.5) is 10.6 Å². The number of nitrogens with two attached hydrogens (primary N) is 1. The predicted octanol–water partition coefficient (Wildman–Crippen LogP) is 4.86. The lowest BCUT2D eigenvalue weighted by atomic mass is 10.1. The maximum Gasteiger partial charge on any atom is 0.407 e. The summed E-state index contributed by atoms with van der Waals surface area (Å²) in [5.41, 5.74) is 8.85. The smallest absolute Gasteiger partial charge is 0.407 e. The Hall–Kier alpha value is -3.59. The third-order valence-electron chi connectivity index (χ3n) is 6.14. The minimum atomic E-state index is -0.425. The van der Waals surface area contributed by atoms with Gasteiger partial charge in [-0.2, -0.15) is 5.10 Å². The Kier molecular flexibility index (Phi) is 6.10. The van der Waals surface area contributed by atoms with Gasteiger partial charge in [0.25, 0.3) is 0 Å². The summed E-state index contributed by atoms with van der Waals surface area (Å²) in [6.07, 6.45) is 8.53. The Balaban J connectivity index is 1.39. The van der Waals surface area contributed by atoms with Crippen LogP contribution in [0.25, 0.3) is 32.9 Å². The van der Waals surface area contributed by atoms with Crippen LogP contribution < -0.4 is 11.1 Å². The van der Waals surface area contributed by atoms with Crippen LogP contribution in [0.2, 0.25) is 0 Å². The van der Waals surface area contributed by atoms with Crippen molar-refractivity contribution in [1.82, 2.24) is 24.6 Å². The number of carbonyl (C=O) groups excluding carboxylic acids is 1. The molecule has 5 rings (SSSR count). The molecule has 1 aliphatic heterocycles. The molecule has 0 saturated carbocycles. The van der Waals surface area contributed by atoms with E-state index in [0.29, 0.717) is 12.4 Å². The van der Waals surface area contributed by atoms with E-state index < -0.39 is 6.09 Å². The lowest BCUT2D eigenvalue weighted by Crippen LogP contribution is -2.41. The van der Waals surface area contributed by atoms with Crippen LogP contribution in [-0.4, -0.2) is 44.2 Å². The van der Waals surface area contributed by atoms with Gasteiger partial charge in [0.15, 0.2) is 6.23 Å². The SMILES string of the molecule is CC(C)(C)NC(=O)OCCn1cc2c(N)nc3cc(-c4ccnn4C4CCCCO4)ccc3c2c1. The molecule has 0 radical (unpaired) electrons. The molecule has 4 heterocycles. The fourth-order valence-corrected chi connectivity index (χ4v) is 4.53. The predicted molar refractivity (Wildman–Crippen MR) is 136 cm³/mol. The molecule has 0 bridgehead atoms. The number of benzene rings is 1. The zero-order chi connectivity index (χ0) is 24.6. The Morgan fingerprint density at radius 1 is 1.20 bits per heavy atom. The Morgan fingerprint density at radius 3 is 2.80 bits per heavy atom. The van der Waals surface area contributed by atoms with Crippen molar-refractivity contribution < 1.29 is 14.3 Å². The fraction of sp³-hybridized carbons (Fsp3) is 0.423. The zero-order valence-corrected chi connectivity index (χ0v) is 20.5. The van der Waals surface area contributed by atoms with Crippen molar-refractivity contribution in [2.75, 3.05) is 18.9 Å². The highest BCUT2D eigenvalue weighted by Gasteiger charge is 2.20. The van der Waals surface area contributed by atoms with Gasteiger partial charge in [0.2, 0.25) is 0 Å². The molecule has 3 N–H and O–H groups in total. The topological polar surface area (TPSA) is 109 Å². The molecule has 1 saturated heterocycles. The molecule has 1 atom stereocenters. The number of hydrogen-bond acceptors (Lipinski definition) is 6. The number of carbonyl (C=O) groups is 1. The van der Waals surface area contributed by atoms with E-state index in [-0.39, 0.29) is 18.4 Å². The van der Waals surface area contributed by atoms with Crippen LogP contribution in [0.15, 0.2) is 42.9 Å². The number of fused-ring (bicyclic) bond motifs is 3. The summed E-state index contributed by atoms with van der Waals surface area (Å²) >= 11 is 0. The number of amides is 1. The summed E-state index contributed by atoms with van der Waals surface area (Å²) in [6.45, 7) is 7.28. The Labute approximate surface area is 204 Å². The summed E-state index contributed by atoms with van der Waals surface area (Å²) in [6, 6.07) is 8.23. The maximum atomic E-state index is 11.9. The second kappa shape index (κ2) is 9.22. The minimum absolute atomic E-state index is 0.0355. The van der Waals surface area contributed by atoms with Crippen LogP contribution in [0.3, 0.4) is 0 Å². The molecule has 1 unspecified atom stereocenters. The van der Waals surface area contributed by atoms with Crippen molar-refractivity contribution >= 4 is 33.6 Å². The minimum Gasteiger partial charge on any atom is -0.448 e. The van der Waals surface area contributed by atoms with Gasteiger partial charge in [-0.05, 0) is 52.2 Å². The average Bonchev–Trinajstić information content (AvgIpc) is 3.46. The van der Waals surface area contributed by atoms with E-state index >= 15 is 0 Å². The number of pyridine rings is 1. The van der Waals surface area contributed by atoms with E-state index in [0.717, 1.165) is 58.8 Å². The number of anilines is 1. The molecule has 3 aromatic heterocycles. The van der Waals surface area contributed by atoms with Gasteiger partial charge in [-0.15, -0.1) is 0 Å². The molecular formula is C26H32N6O3. The van der Waals surface area contributed by atoms with Crippen molar-refractivity contribution in [3.05, 3.63) is 42.9 Å². The molecule has 9 nitrogen and oxygen atoms in total. The van der Waals surface area contributed by atoms with Gasteiger partial charge in [0, 0.05) is 52.5 Å². The summed E-state index contributed by atoms with van der Waals surface area (Å²) in [5.74, 6) is 0.471. The molecule has 1 amide bonds. The Bertz CT molecular complexity index is 1360. The normalized spacial score (nSPS) is 16.6. The summed E-state index contributed by atoms with van der Waals surface area (Å²) < 4.78 is 15.2. The molecule has 1 aliphatic rings. The number of ether oxygens (including phenoxy) is 2.